The Labute approximate surface area is 96.0 Å². The van der Waals surface area contributed by atoms with Crippen molar-refractivity contribution in [1.29, 1.82) is 0 Å². The van der Waals surface area contributed by atoms with Gasteiger partial charge in [-0.1, -0.05) is 19.3 Å². The lowest BCUT2D eigenvalue weighted by atomic mass is 10.1. The maximum absolute atomic E-state index is 5.31. The van der Waals surface area contributed by atoms with Gasteiger partial charge in [0.25, 0.3) is 0 Å². The van der Waals surface area contributed by atoms with E-state index in [9.17, 15) is 0 Å². The predicted molar refractivity (Wildman–Crippen MR) is 65.1 cm³/mol. The number of nitrogen functional groups attached to an aromatic ring is 1. The van der Waals surface area contributed by atoms with Crippen LogP contribution in [-0.4, -0.2) is 23.1 Å². The van der Waals surface area contributed by atoms with E-state index in [1.165, 1.54) is 32.1 Å². The van der Waals surface area contributed by atoms with E-state index in [2.05, 4.69) is 20.3 Å². The number of hydrogen-bond acceptors (Lipinski definition) is 5. The molecule has 5 heteroatoms. The summed E-state index contributed by atoms with van der Waals surface area (Å²) in [5, 5.41) is 0. The van der Waals surface area contributed by atoms with Crippen molar-refractivity contribution in [2.45, 2.75) is 32.1 Å². The number of nitrogens with two attached hydrogens (primary N) is 1. The van der Waals surface area contributed by atoms with Crippen LogP contribution in [0.1, 0.15) is 32.1 Å². The van der Waals surface area contributed by atoms with Gasteiger partial charge in [-0.3, -0.25) is 5.43 Å². The molecule has 1 fully saturated rings. The summed E-state index contributed by atoms with van der Waals surface area (Å²) in [4.78, 5) is 10.7. The molecule has 0 unspecified atom stereocenters. The molecule has 2 heterocycles. The zero-order valence-corrected chi connectivity index (χ0v) is 9.52. The molecule has 0 bridgehead atoms. The van der Waals surface area contributed by atoms with Gasteiger partial charge in [0.05, 0.1) is 0 Å². The van der Waals surface area contributed by atoms with Crippen LogP contribution < -0.4 is 16.2 Å². The van der Waals surface area contributed by atoms with Crippen LogP contribution in [0.3, 0.4) is 0 Å². The van der Waals surface area contributed by atoms with E-state index in [1.54, 1.807) is 6.20 Å². The Hall–Kier alpha value is -1.36. The topological polar surface area (TPSA) is 67.1 Å². The highest BCUT2D eigenvalue weighted by atomic mass is 15.3. The highest BCUT2D eigenvalue weighted by molar-refractivity contribution is 5.41. The van der Waals surface area contributed by atoms with Crippen molar-refractivity contribution in [3.8, 4) is 0 Å². The van der Waals surface area contributed by atoms with Gasteiger partial charge in [0.1, 0.15) is 5.82 Å². The van der Waals surface area contributed by atoms with Crippen molar-refractivity contribution < 1.29 is 0 Å². The summed E-state index contributed by atoms with van der Waals surface area (Å²) in [6.07, 6.45) is 8.25. The minimum absolute atomic E-state index is 0.486. The van der Waals surface area contributed by atoms with Crippen molar-refractivity contribution in [3.05, 3.63) is 12.3 Å². The van der Waals surface area contributed by atoms with Gasteiger partial charge in [-0.05, 0) is 18.9 Å². The van der Waals surface area contributed by atoms with Crippen molar-refractivity contribution in [3.63, 3.8) is 0 Å². The lowest BCUT2D eigenvalue weighted by molar-refractivity contribution is 0.553. The molecule has 88 valence electrons. The van der Waals surface area contributed by atoms with Crippen LogP contribution >= 0.6 is 0 Å². The fraction of sp³-hybridized carbons (Fsp3) is 0.636. The molecule has 1 aromatic rings. The van der Waals surface area contributed by atoms with Crippen molar-refractivity contribution in [2.24, 2.45) is 5.84 Å². The first-order valence-electron chi connectivity index (χ1n) is 5.95. The minimum Gasteiger partial charge on any atom is -0.356 e. The molecule has 0 radical (unpaired) electrons. The van der Waals surface area contributed by atoms with Gasteiger partial charge in [0, 0.05) is 19.3 Å². The smallest absolute Gasteiger partial charge is 0.239 e. The highest BCUT2D eigenvalue weighted by Crippen LogP contribution is 2.17. The van der Waals surface area contributed by atoms with Crippen molar-refractivity contribution >= 4 is 11.8 Å². The van der Waals surface area contributed by atoms with Crippen molar-refractivity contribution in [1.82, 2.24) is 9.97 Å². The standard InChI is InChI=1S/C11H19N5/c12-15-11-13-7-6-10(14-11)16-8-4-2-1-3-5-9-16/h6-7H,1-5,8-9,12H2,(H,13,14,15). The maximum atomic E-state index is 5.31. The largest absolute Gasteiger partial charge is 0.356 e. The summed E-state index contributed by atoms with van der Waals surface area (Å²) in [6, 6.07) is 1.95. The van der Waals surface area contributed by atoms with Gasteiger partial charge < -0.3 is 4.90 Å². The molecule has 1 aromatic heterocycles. The first-order chi connectivity index (χ1) is 7.90. The van der Waals surface area contributed by atoms with Crippen LogP contribution in [0.4, 0.5) is 11.8 Å². The number of aromatic nitrogens is 2. The molecule has 3 N–H and O–H groups in total. The fourth-order valence-electron chi connectivity index (χ4n) is 2.07. The molecule has 5 nitrogen and oxygen atoms in total. The number of hydrazine groups is 1. The van der Waals surface area contributed by atoms with E-state index in [4.69, 9.17) is 5.84 Å². The molecule has 1 saturated heterocycles. The molecule has 2 rings (SSSR count). The minimum atomic E-state index is 0.486. The number of rotatable bonds is 2. The second-order valence-electron chi connectivity index (χ2n) is 4.14. The fourth-order valence-corrected chi connectivity index (χ4v) is 2.07. The number of hydrogen-bond donors (Lipinski definition) is 2. The van der Waals surface area contributed by atoms with E-state index < -0.39 is 0 Å². The number of anilines is 2. The summed E-state index contributed by atoms with van der Waals surface area (Å²) in [5.74, 6) is 6.77. The van der Waals surface area contributed by atoms with E-state index in [0.717, 1.165) is 18.9 Å². The second-order valence-corrected chi connectivity index (χ2v) is 4.14. The third kappa shape index (κ3) is 2.82. The first-order valence-corrected chi connectivity index (χ1v) is 5.95. The normalized spacial score (nSPS) is 17.7. The zero-order valence-electron chi connectivity index (χ0n) is 9.52. The molecule has 16 heavy (non-hydrogen) atoms. The zero-order chi connectivity index (χ0) is 11.2. The third-order valence-corrected chi connectivity index (χ3v) is 2.95. The van der Waals surface area contributed by atoms with Gasteiger partial charge in [-0.2, -0.15) is 4.98 Å². The van der Waals surface area contributed by atoms with Crippen LogP contribution in [0.2, 0.25) is 0 Å². The number of nitrogens with zero attached hydrogens (tertiary/aromatic N) is 3. The van der Waals surface area contributed by atoms with Crippen LogP contribution in [0, 0.1) is 0 Å². The van der Waals surface area contributed by atoms with E-state index in [0.29, 0.717) is 5.95 Å². The second kappa shape index (κ2) is 5.65. The SMILES string of the molecule is NNc1nccc(N2CCCCCCC2)n1. The molecule has 0 spiro atoms. The van der Waals surface area contributed by atoms with E-state index in [-0.39, 0.29) is 0 Å². The summed E-state index contributed by atoms with van der Waals surface area (Å²) in [7, 11) is 0. The summed E-state index contributed by atoms with van der Waals surface area (Å²) >= 11 is 0. The highest BCUT2D eigenvalue weighted by Gasteiger charge is 2.10. The average molecular weight is 221 g/mol. The van der Waals surface area contributed by atoms with Crippen LogP contribution in [0.5, 0.6) is 0 Å². The summed E-state index contributed by atoms with van der Waals surface area (Å²) in [5.41, 5.74) is 2.49. The Morgan fingerprint density at radius 3 is 2.50 bits per heavy atom. The van der Waals surface area contributed by atoms with Crippen LogP contribution in [0.15, 0.2) is 12.3 Å². The Balaban J connectivity index is 2.07. The van der Waals surface area contributed by atoms with Crippen LogP contribution in [-0.2, 0) is 0 Å². The lowest BCUT2D eigenvalue weighted by Crippen LogP contribution is -2.28. The predicted octanol–water partition coefficient (Wildman–Crippen LogP) is 1.53. The molecule has 0 atom stereocenters. The van der Waals surface area contributed by atoms with Gasteiger partial charge >= 0.3 is 0 Å². The molecule has 0 aliphatic carbocycles. The van der Waals surface area contributed by atoms with E-state index >= 15 is 0 Å². The molecule has 1 aliphatic rings. The van der Waals surface area contributed by atoms with Gasteiger partial charge in [-0.25, -0.2) is 10.8 Å². The average Bonchev–Trinajstić information content (AvgIpc) is 2.29. The van der Waals surface area contributed by atoms with Gasteiger partial charge in [0.2, 0.25) is 5.95 Å². The Kier molecular flexibility index (Phi) is 3.93. The lowest BCUT2D eigenvalue weighted by Gasteiger charge is -2.25. The molecule has 0 amide bonds. The molecule has 1 aliphatic heterocycles. The van der Waals surface area contributed by atoms with Crippen LogP contribution in [0.25, 0.3) is 0 Å². The Bertz CT molecular complexity index is 320. The van der Waals surface area contributed by atoms with Crippen molar-refractivity contribution in [2.75, 3.05) is 23.4 Å². The van der Waals surface area contributed by atoms with Gasteiger partial charge in [0.15, 0.2) is 0 Å². The maximum Gasteiger partial charge on any atom is 0.239 e. The number of nitrogens with one attached hydrogen (secondary N) is 1. The quantitative estimate of drug-likeness (QED) is 0.585. The molecule has 0 aromatic carbocycles. The summed E-state index contributed by atoms with van der Waals surface area (Å²) < 4.78 is 0. The Morgan fingerprint density at radius 2 is 1.81 bits per heavy atom. The third-order valence-electron chi connectivity index (χ3n) is 2.95. The Morgan fingerprint density at radius 1 is 1.12 bits per heavy atom. The molecular formula is C11H19N5. The monoisotopic (exact) mass is 221 g/mol. The molecule has 0 saturated carbocycles. The van der Waals surface area contributed by atoms with E-state index in [1.807, 2.05) is 6.07 Å². The van der Waals surface area contributed by atoms with Gasteiger partial charge in [-0.15, -0.1) is 0 Å². The molecular weight excluding hydrogens is 202 g/mol. The summed E-state index contributed by atoms with van der Waals surface area (Å²) in [6.45, 7) is 2.17. The first kappa shape index (κ1) is 11.1.